The van der Waals surface area contributed by atoms with Gasteiger partial charge in [-0.25, -0.2) is 9.97 Å². The molecule has 1 aliphatic rings. The number of hydrogen-bond donors (Lipinski definition) is 0. The molecule has 0 spiro atoms. The zero-order valence-corrected chi connectivity index (χ0v) is 17.0. The van der Waals surface area contributed by atoms with Crippen LogP contribution in [0, 0.1) is 0 Å². The molecule has 4 rings (SSSR count). The van der Waals surface area contributed by atoms with E-state index in [0.717, 1.165) is 53.5 Å². The Morgan fingerprint density at radius 3 is 2.28 bits per heavy atom. The number of benzene rings is 2. The SMILES string of the molecule is CCN(CC)c1nc(-c2ccccc2)nc2c1CN(C(=O)c1ccccc1)CC2. The normalized spacial score (nSPS) is 13.1. The summed E-state index contributed by atoms with van der Waals surface area (Å²) in [4.78, 5) is 27.0. The Morgan fingerprint density at radius 2 is 1.62 bits per heavy atom. The van der Waals surface area contributed by atoms with Crippen LogP contribution in [0.25, 0.3) is 11.4 Å². The lowest BCUT2D eigenvalue weighted by Gasteiger charge is -2.32. The Labute approximate surface area is 172 Å². The third kappa shape index (κ3) is 3.86. The second-order valence-corrected chi connectivity index (χ2v) is 7.18. The number of rotatable bonds is 5. The van der Waals surface area contributed by atoms with Gasteiger partial charge in [-0.05, 0) is 26.0 Å². The number of anilines is 1. The van der Waals surface area contributed by atoms with E-state index in [1.54, 1.807) is 0 Å². The fourth-order valence-corrected chi connectivity index (χ4v) is 3.83. The Hall–Kier alpha value is -3.21. The molecule has 1 aromatic heterocycles. The van der Waals surface area contributed by atoms with Crippen LogP contribution in [-0.2, 0) is 13.0 Å². The molecular formula is C24H26N4O. The lowest BCUT2D eigenvalue weighted by molar-refractivity contribution is 0.0733. The van der Waals surface area contributed by atoms with Gasteiger partial charge in [0.2, 0.25) is 0 Å². The Kier molecular flexibility index (Phi) is 5.56. The van der Waals surface area contributed by atoms with Crippen molar-refractivity contribution in [2.24, 2.45) is 0 Å². The predicted molar refractivity (Wildman–Crippen MR) is 116 cm³/mol. The van der Waals surface area contributed by atoms with Crippen LogP contribution < -0.4 is 4.90 Å². The van der Waals surface area contributed by atoms with Gasteiger partial charge in [-0.3, -0.25) is 4.79 Å². The van der Waals surface area contributed by atoms with Gasteiger partial charge in [0, 0.05) is 42.7 Å². The number of carbonyl (C=O) groups is 1. The van der Waals surface area contributed by atoms with Crippen LogP contribution in [-0.4, -0.2) is 40.4 Å². The molecule has 3 aromatic rings. The van der Waals surface area contributed by atoms with Crippen molar-refractivity contribution in [2.45, 2.75) is 26.8 Å². The number of hydrogen-bond acceptors (Lipinski definition) is 4. The molecule has 0 atom stereocenters. The summed E-state index contributed by atoms with van der Waals surface area (Å²) in [6.45, 7) is 7.21. The van der Waals surface area contributed by atoms with E-state index in [0.29, 0.717) is 13.1 Å². The molecular weight excluding hydrogens is 360 g/mol. The lowest BCUT2D eigenvalue weighted by atomic mass is 10.0. The first-order valence-corrected chi connectivity index (χ1v) is 10.3. The topological polar surface area (TPSA) is 49.3 Å². The highest BCUT2D eigenvalue weighted by molar-refractivity contribution is 5.94. The van der Waals surface area contributed by atoms with E-state index in [-0.39, 0.29) is 5.91 Å². The Bertz CT molecular complexity index is 985. The van der Waals surface area contributed by atoms with Gasteiger partial charge < -0.3 is 9.80 Å². The fraction of sp³-hybridized carbons (Fsp3) is 0.292. The molecule has 0 bridgehead atoms. The summed E-state index contributed by atoms with van der Waals surface area (Å²) in [5.41, 5.74) is 3.87. The van der Waals surface area contributed by atoms with Gasteiger partial charge in [-0.15, -0.1) is 0 Å². The third-order valence-electron chi connectivity index (χ3n) is 5.44. The molecule has 0 aliphatic carbocycles. The standard InChI is InChI=1S/C24H26N4O/c1-3-27(4-2)23-20-17-28(24(29)19-13-9-6-10-14-19)16-15-21(20)25-22(26-23)18-11-7-5-8-12-18/h5-14H,3-4,15-17H2,1-2H3. The maximum absolute atomic E-state index is 13.0. The van der Waals surface area contributed by atoms with E-state index in [1.165, 1.54) is 0 Å². The first kappa shape index (κ1) is 19.1. The summed E-state index contributed by atoms with van der Waals surface area (Å²) in [6, 6.07) is 19.6. The molecule has 0 saturated carbocycles. The molecule has 2 heterocycles. The van der Waals surface area contributed by atoms with E-state index in [9.17, 15) is 4.79 Å². The van der Waals surface area contributed by atoms with Crippen LogP contribution in [0.5, 0.6) is 0 Å². The number of fused-ring (bicyclic) bond motifs is 1. The Morgan fingerprint density at radius 1 is 0.966 bits per heavy atom. The van der Waals surface area contributed by atoms with Gasteiger partial charge in [0.05, 0.1) is 12.2 Å². The molecule has 5 heteroatoms. The number of nitrogens with zero attached hydrogens (tertiary/aromatic N) is 4. The molecule has 0 unspecified atom stereocenters. The van der Waals surface area contributed by atoms with Crippen LogP contribution in [0.3, 0.4) is 0 Å². The van der Waals surface area contributed by atoms with E-state index in [2.05, 4.69) is 18.7 Å². The quantitative estimate of drug-likeness (QED) is 0.660. The van der Waals surface area contributed by atoms with Crippen molar-refractivity contribution in [2.75, 3.05) is 24.5 Å². The largest absolute Gasteiger partial charge is 0.357 e. The minimum atomic E-state index is 0.0638. The maximum Gasteiger partial charge on any atom is 0.254 e. The van der Waals surface area contributed by atoms with Crippen molar-refractivity contribution in [3.8, 4) is 11.4 Å². The molecule has 29 heavy (non-hydrogen) atoms. The van der Waals surface area contributed by atoms with Gasteiger partial charge in [-0.2, -0.15) is 0 Å². The second-order valence-electron chi connectivity index (χ2n) is 7.18. The molecule has 1 aliphatic heterocycles. The summed E-state index contributed by atoms with van der Waals surface area (Å²) in [5, 5.41) is 0. The van der Waals surface area contributed by atoms with Crippen molar-refractivity contribution >= 4 is 11.7 Å². The third-order valence-corrected chi connectivity index (χ3v) is 5.44. The molecule has 148 valence electrons. The molecule has 0 radical (unpaired) electrons. The highest BCUT2D eigenvalue weighted by Crippen LogP contribution is 2.30. The smallest absolute Gasteiger partial charge is 0.254 e. The number of amides is 1. The Balaban J connectivity index is 1.73. The van der Waals surface area contributed by atoms with E-state index in [1.807, 2.05) is 65.6 Å². The minimum Gasteiger partial charge on any atom is -0.357 e. The summed E-state index contributed by atoms with van der Waals surface area (Å²) >= 11 is 0. The van der Waals surface area contributed by atoms with Crippen molar-refractivity contribution in [3.05, 3.63) is 77.5 Å². The summed E-state index contributed by atoms with van der Waals surface area (Å²) in [7, 11) is 0. The second kappa shape index (κ2) is 8.43. The summed E-state index contributed by atoms with van der Waals surface area (Å²) in [5.74, 6) is 1.77. The molecule has 0 fully saturated rings. The van der Waals surface area contributed by atoms with Crippen LogP contribution >= 0.6 is 0 Å². The lowest BCUT2D eigenvalue weighted by Crippen LogP contribution is -2.38. The van der Waals surface area contributed by atoms with Gasteiger partial charge in [0.15, 0.2) is 5.82 Å². The van der Waals surface area contributed by atoms with E-state index in [4.69, 9.17) is 9.97 Å². The number of aromatic nitrogens is 2. The highest BCUT2D eigenvalue weighted by Gasteiger charge is 2.27. The monoisotopic (exact) mass is 386 g/mol. The van der Waals surface area contributed by atoms with Gasteiger partial charge in [0.25, 0.3) is 5.91 Å². The average Bonchev–Trinajstić information content (AvgIpc) is 2.80. The zero-order chi connectivity index (χ0) is 20.2. The molecule has 0 N–H and O–H groups in total. The fourth-order valence-electron chi connectivity index (χ4n) is 3.83. The average molecular weight is 386 g/mol. The van der Waals surface area contributed by atoms with Gasteiger partial charge >= 0.3 is 0 Å². The number of carbonyl (C=O) groups excluding carboxylic acids is 1. The van der Waals surface area contributed by atoms with Crippen molar-refractivity contribution < 1.29 is 4.79 Å². The van der Waals surface area contributed by atoms with Crippen LogP contribution in [0.4, 0.5) is 5.82 Å². The first-order valence-electron chi connectivity index (χ1n) is 10.3. The maximum atomic E-state index is 13.0. The molecule has 2 aromatic carbocycles. The summed E-state index contributed by atoms with van der Waals surface area (Å²) in [6.07, 6.45) is 0.741. The minimum absolute atomic E-state index is 0.0638. The predicted octanol–water partition coefficient (Wildman–Crippen LogP) is 4.19. The van der Waals surface area contributed by atoms with Crippen LogP contribution in [0.1, 0.15) is 35.5 Å². The highest BCUT2D eigenvalue weighted by atomic mass is 16.2. The van der Waals surface area contributed by atoms with Crippen LogP contribution in [0.15, 0.2) is 60.7 Å². The first-order chi connectivity index (χ1) is 14.2. The molecule has 1 amide bonds. The van der Waals surface area contributed by atoms with E-state index < -0.39 is 0 Å². The van der Waals surface area contributed by atoms with Crippen molar-refractivity contribution in [1.29, 1.82) is 0 Å². The van der Waals surface area contributed by atoms with E-state index >= 15 is 0 Å². The van der Waals surface area contributed by atoms with Gasteiger partial charge in [0.1, 0.15) is 5.82 Å². The van der Waals surface area contributed by atoms with Crippen LogP contribution in [0.2, 0.25) is 0 Å². The van der Waals surface area contributed by atoms with Crippen molar-refractivity contribution in [1.82, 2.24) is 14.9 Å². The summed E-state index contributed by atoms with van der Waals surface area (Å²) < 4.78 is 0. The van der Waals surface area contributed by atoms with Crippen molar-refractivity contribution in [3.63, 3.8) is 0 Å². The molecule has 0 saturated heterocycles. The molecule has 5 nitrogen and oxygen atoms in total. The van der Waals surface area contributed by atoms with Gasteiger partial charge in [-0.1, -0.05) is 48.5 Å². The zero-order valence-electron chi connectivity index (χ0n) is 17.0.